The molecular weight excluding hydrogens is 304 g/mol. The van der Waals surface area contributed by atoms with Crippen molar-refractivity contribution in [3.05, 3.63) is 11.3 Å². The van der Waals surface area contributed by atoms with E-state index in [0.29, 0.717) is 18.7 Å². The summed E-state index contributed by atoms with van der Waals surface area (Å²) in [7, 11) is -0.886. The number of rotatable bonds is 4. The average molecular weight is 328 g/mol. The molecule has 3 heterocycles. The molecule has 0 spiro atoms. The summed E-state index contributed by atoms with van der Waals surface area (Å²) < 4.78 is 30.5. The monoisotopic (exact) mass is 328 g/mol. The summed E-state index contributed by atoms with van der Waals surface area (Å²) in [4.78, 5) is 2.30. The van der Waals surface area contributed by atoms with Crippen molar-refractivity contribution in [3.8, 4) is 0 Å². The van der Waals surface area contributed by atoms with Gasteiger partial charge in [0, 0.05) is 38.3 Å². The summed E-state index contributed by atoms with van der Waals surface area (Å²) in [6.07, 6.45) is 0.703. The van der Waals surface area contributed by atoms with E-state index in [-0.39, 0.29) is 11.8 Å². The molecule has 2 aliphatic heterocycles. The maximum atomic E-state index is 11.6. The second-order valence-corrected chi connectivity index (χ2v) is 8.32. The normalized spacial score (nSPS) is 24.8. The van der Waals surface area contributed by atoms with Crippen LogP contribution in [0.2, 0.25) is 0 Å². The van der Waals surface area contributed by atoms with E-state index in [1.165, 1.54) is 0 Å². The Morgan fingerprint density at radius 3 is 2.73 bits per heavy atom. The van der Waals surface area contributed by atoms with E-state index in [0.717, 1.165) is 43.4 Å². The summed E-state index contributed by atoms with van der Waals surface area (Å²) in [5.74, 6) is 1.67. The molecule has 0 saturated carbocycles. The van der Waals surface area contributed by atoms with Crippen LogP contribution in [-0.4, -0.2) is 62.0 Å². The highest BCUT2D eigenvalue weighted by atomic mass is 32.2. The molecule has 8 heteroatoms. The zero-order chi connectivity index (χ0) is 15.7. The Morgan fingerprint density at radius 2 is 2.09 bits per heavy atom. The molecule has 0 radical (unpaired) electrons. The van der Waals surface area contributed by atoms with Crippen molar-refractivity contribution in [1.29, 1.82) is 0 Å². The fourth-order valence-corrected chi connectivity index (χ4v) is 4.98. The van der Waals surface area contributed by atoms with Crippen LogP contribution in [0.4, 0.5) is 5.82 Å². The van der Waals surface area contributed by atoms with Crippen LogP contribution >= 0.6 is 0 Å². The molecule has 2 aliphatic rings. The van der Waals surface area contributed by atoms with Crippen molar-refractivity contribution < 1.29 is 13.2 Å². The number of sulfone groups is 1. The van der Waals surface area contributed by atoms with Gasteiger partial charge in [-0.2, -0.15) is 5.10 Å². The van der Waals surface area contributed by atoms with E-state index in [4.69, 9.17) is 4.74 Å². The lowest BCUT2D eigenvalue weighted by molar-refractivity contribution is 0.122. The predicted octanol–water partition coefficient (Wildman–Crippen LogP) is -0.158. The number of hydrogen-bond donors (Lipinski definition) is 1. The molecule has 124 valence electrons. The van der Waals surface area contributed by atoms with Crippen LogP contribution < -0.4 is 10.2 Å². The van der Waals surface area contributed by atoms with Gasteiger partial charge < -0.3 is 15.0 Å². The van der Waals surface area contributed by atoms with Gasteiger partial charge >= 0.3 is 0 Å². The third kappa shape index (κ3) is 3.28. The zero-order valence-corrected chi connectivity index (χ0v) is 14.0. The first-order valence-corrected chi connectivity index (χ1v) is 9.57. The smallest absolute Gasteiger partial charge is 0.151 e. The highest BCUT2D eigenvalue weighted by molar-refractivity contribution is 7.91. The maximum Gasteiger partial charge on any atom is 0.151 e. The summed E-state index contributed by atoms with van der Waals surface area (Å²) in [5, 5.41) is 7.93. The first-order chi connectivity index (χ1) is 10.5. The van der Waals surface area contributed by atoms with Crippen LogP contribution in [0.3, 0.4) is 0 Å². The number of morpholine rings is 1. The number of nitrogens with zero attached hydrogens (tertiary/aromatic N) is 3. The maximum absolute atomic E-state index is 11.6. The number of aryl methyl sites for hydroxylation is 2. The van der Waals surface area contributed by atoms with Crippen LogP contribution in [0, 0.1) is 6.92 Å². The van der Waals surface area contributed by atoms with E-state index in [9.17, 15) is 8.42 Å². The standard InChI is InChI=1S/C14H24N4O3S/c1-11-13(9-15-12-3-8-22(19,20)10-12)14(17(2)16-11)18-4-6-21-7-5-18/h12,15H,3-10H2,1-2H3/t12-/m1/s1. The highest BCUT2D eigenvalue weighted by Crippen LogP contribution is 2.24. The molecule has 0 amide bonds. The fourth-order valence-electron chi connectivity index (χ4n) is 3.27. The number of hydrogen-bond acceptors (Lipinski definition) is 6. The Hall–Kier alpha value is -1.12. The molecule has 2 saturated heterocycles. The van der Waals surface area contributed by atoms with Crippen LogP contribution in [0.15, 0.2) is 0 Å². The van der Waals surface area contributed by atoms with E-state index in [1.54, 1.807) is 0 Å². The number of aromatic nitrogens is 2. The number of anilines is 1. The molecule has 0 aliphatic carbocycles. The van der Waals surface area contributed by atoms with Gasteiger partial charge in [-0.15, -0.1) is 0 Å². The minimum Gasteiger partial charge on any atom is -0.378 e. The Kier molecular flexibility index (Phi) is 4.42. The minimum atomic E-state index is -2.85. The van der Waals surface area contributed by atoms with Crippen molar-refractivity contribution in [1.82, 2.24) is 15.1 Å². The summed E-state index contributed by atoms with van der Waals surface area (Å²) >= 11 is 0. The Morgan fingerprint density at radius 1 is 1.36 bits per heavy atom. The number of ether oxygens (including phenoxy) is 1. The number of nitrogens with one attached hydrogen (secondary N) is 1. The van der Waals surface area contributed by atoms with Crippen molar-refractivity contribution in [2.75, 3.05) is 42.7 Å². The fraction of sp³-hybridized carbons (Fsp3) is 0.786. The largest absolute Gasteiger partial charge is 0.378 e. The average Bonchev–Trinajstić information content (AvgIpc) is 2.96. The zero-order valence-electron chi connectivity index (χ0n) is 13.2. The molecule has 0 bridgehead atoms. The summed E-state index contributed by atoms with van der Waals surface area (Å²) in [6.45, 7) is 5.86. The molecule has 2 fully saturated rings. The van der Waals surface area contributed by atoms with Gasteiger partial charge in [0.15, 0.2) is 9.84 Å². The molecule has 3 rings (SSSR count). The van der Waals surface area contributed by atoms with Gasteiger partial charge in [0.1, 0.15) is 5.82 Å². The molecular formula is C14H24N4O3S. The van der Waals surface area contributed by atoms with Gasteiger partial charge in [0.25, 0.3) is 0 Å². The van der Waals surface area contributed by atoms with Crippen molar-refractivity contribution in [3.63, 3.8) is 0 Å². The van der Waals surface area contributed by atoms with Gasteiger partial charge in [-0.1, -0.05) is 0 Å². The molecule has 0 aromatic carbocycles. The van der Waals surface area contributed by atoms with Crippen LogP contribution in [0.1, 0.15) is 17.7 Å². The SMILES string of the molecule is Cc1nn(C)c(N2CCOCC2)c1CN[C@@H]1CCS(=O)(=O)C1. The summed E-state index contributed by atoms with van der Waals surface area (Å²) in [6, 6.07) is 0.0575. The van der Waals surface area contributed by atoms with Crippen molar-refractivity contribution >= 4 is 15.7 Å². The Balaban J connectivity index is 1.73. The van der Waals surface area contributed by atoms with Crippen LogP contribution in [0.25, 0.3) is 0 Å². The molecule has 22 heavy (non-hydrogen) atoms. The lowest BCUT2D eigenvalue weighted by Gasteiger charge is -2.29. The third-order valence-electron chi connectivity index (χ3n) is 4.42. The van der Waals surface area contributed by atoms with E-state index >= 15 is 0 Å². The van der Waals surface area contributed by atoms with Crippen LogP contribution in [-0.2, 0) is 28.2 Å². The van der Waals surface area contributed by atoms with Crippen molar-refractivity contribution in [2.24, 2.45) is 7.05 Å². The molecule has 0 unspecified atom stereocenters. The Labute approximate surface area is 131 Å². The van der Waals surface area contributed by atoms with Gasteiger partial charge in [-0.3, -0.25) is 4.68 Å². The third-order valence-corrected chi connectivity index (χ3v) is 6.19. The lowest BCUT2D eigenvalue weighted by atomic mass is 10.2. The highest BCUT2D eigenvalue weighted by Gasteiger charge is 2.28. The topological polar surface area (TPSA) is 76.5 Å². The molecule has 7 nitrogen and oxygen atoms in total. The van der Waals surface area contributed by atoms with Gasteiger partial charge in [-0.05, 0) is 13.3 Å². The molecule has 1 atom stereocenters. The first kappa shape index (κ1) is 15.8. The van der Waals surface area contributed by atoms with Gasteiger partial charge in [0.05, 0.1) is 30.4 Å². The Bertz CT molecular complexity index is 635. The first-order valence-electron chi connectivity index (χ1n) is 7.75. The lowest BCUT2D eigenvalue weighted by Crippen LogP contribution is -2.38. The van der Waals surface area contributed by atoms with Gasteiger partial charge in [-0.25, -0.2) is 8.42 Å². The van der Waals surface area contributed by atoms with Crippen LogP contribution in [0.5, 0.6) is 0 Å². The quantitative estimate of drug-likeness (QED) is 0.828. The minimum absolute atomic E-state index is 0.0575. The van der Waals surface area contributed by atoms with E-state index < -0.39 is 9.84 Å². The van der Waals surface area contributed by atoms with Gasteiger partial charge in [0.2, 0.25) is 0 Å². The summed E-state index contributed by atoms with van der Waals surface area (Å²) in [5.41, 5.74) is 2.16. The van der Waals surface area contributed by atoms with Crippen molar-refractivity contribution in [2.45, 2.75) is 25.9 Å². The van der Waals surface area contributed by atoms with E-state index in [2.05, 4.69) is 15.3 Å². The second kappa shape index (κ2) is 6.17. The predicted molar refractivity (Wildman–Crippen MR) is 84.9 cm³/mol. The second-order valence-electron chi connectivity index (χ2n) is 6.09. The molecule has 1 N–H and O–H groups in total. The van der Waals surface area contributed by atoms with E-state index in [1.807, 2.05) is 18.7 Å². The molecule has 1 aromatic heterocycles. The molecule has 1 aromatic rings.